The van der Waals surface area contributed by atoms with Gasteiger partial charge < -0.3 is 5.73 Å². The van der Waals surface area contributed by atoms with Gasteiger partial charge in [-0.1, -0.05) is 19.1 Å². The predicted octanol–water partition coefficient (Wildman–Crippen LogP) is 2.75. The summed E-state index contributed by atoms with van der Waals surface area (Å²) in [7, 11) is 0. The van der Waals surface area contributed by atoms with Crippen molar-refractivity contribution in [3.8, 4) is 0 Å². The monoisotopic (exact) mass is 247 g/mol. The summed E-state index contributed by atoms with van der Waals surface area (Å²) >= 11 is 1.70. The fourth-order valence-corrected chi connectivity index (χ4v) is 2.41. The third kappa shape index (κ3) is 3.54. The molecule has 1 aromatic carbocycles. The van der Waals surface area contributed by atoms with Crippen molar-refractivity contribution in [2.45, 2.75) is 20.0 Å². The second-order valence-electron chi connectivity index (χ2n) is 4.02. The standard InChI is InChI=1S/C13H17N3S/c1-2-16(9-13-7-15-10-17-13)8-11-4-3-5-12(14)6-11/h3-7,10H,2,8-9,14H2,1H3. The van der Waals surface area contributed by atoms with Gasteiger partial charge >= 0.3 is 0 Å². The van der Waals surface area contributed by atoms with Crippen LogP contribution in [0, 0.1) is 0 Å². The number of nitrogens with two attached hydrogens (primary N) is 1. The van der Waals surface area contributed by atoms with E-state index in [9.17, 15) is 0 Å². The third-order valence-corrected chi connectivity index (χ3v) is 3.43. The zero-order valence-corrected chi connectivity index (χ0v) is 10.8. The van der Waals surface area contributed by atoms with E-state index in [0.29, 0.717) is 0 Å². The largest absolute Gasteiger partial charge is 0.399 e. The molecule has 0 aliphatic rings. The van der Waals surface area contributed by atoms with Crippen molar-refractivity contribution in [2.24, 2.45) is 0 Å². The summed E-state index contributed by atoms with van der Waals surface area (Å²) in [4.78, 5) is 7.78. The average Bonchev–Trinajstić information content (AvgIpc) is 2.81. The van der Waals surface area contributed by atoms with Gasteiger partial charge in [-0.25, -0.2) is 0 Å². The van der Waals surface area contributed by atoms with E-state index in [4.69, 9.17) is 5.73 Å². The first kappa shape index (κ1) is 12.1. The molecule has 2 aromatic rings. The number of rotatable bonds is 5. The molecular weight excluding hydrogens is 230 g/mol. The maximum Gasteiger partial charge on any atom is 0.0794 e. The molecule has 2 rings (SSSR count). The van der Waals surface area contributed by atoms with Crippen LogP contribution < -0.4 is 5.73 Å². The van der Waals surface area contributed by atoms with Crippen LogP contribution in [0.4, 0.5) is 5.69 Å². The van der Waals surface area contributed by atoms with Crippen molar-refractivity contribution < 1.29 is 0 Å². The molecular formula is C13H17N3S. The molecule has 1 aromatic heterocycles. The fraction of sp³-hybridized carbons (Fsp3) is 0.308. The van der Waals surface area contributed by atoms with E-state index in [1.54, 1.807) is 11.3 Å². The van der Waals surface area contributed by atoms with Gasteiger partial charge in [-0.2, -0.15) is 0 Å². The number of hydrogen-bond acceptors (Lipinski definition) is 4. The Kier molecular flexibility index (Phi) is 4.12. The van der Waals surface area contributed by atoms with Gasteiger partial charge in [-0.15, -0.1) is 11.3 Å². The Labute approximate surface area is 106 Å². The highest BCUT2D eigenvalue weighted by atomic mass is 32.1. The van der Waals surface area contributed by atoms with Crippen LogP contribution in [0.5, 0.6) is 0 Å². The summed E-state index contributed by atoms with van der Waals surface area (Å²) in [6.07, 6.45) is 1.94. The lowest BCUT2D eigenvalue weighted by Crippen LogP contribution is -2.21. The van der Waals surface area contributed by atoms with Crippen molar-refractivity contribution in [3.05, 3.63) is 46.4 Å². The molecule has 0 aliphatic carbocycles. The molecule has 1 heterocycles. The quantitative estimate of drug-likeness (QED) is 0.826. The normalized spacial score (nSPS) is 10.9. The van der Waals surface area contributed by atoms with Crippen molar-refractivity contribution in [1.29, 1.82) is 0 Å². The highest BCUT2D eigenvalue weighted by molar-refractivity contribution is 7.09. The zero-order valence-electron chi connectivity index (χ0n) is 9.97. The van der Waals surface area contributed by atoms with Crippen molar-refractivity contribution >= 4 is 17.0 Å². The first-order valence-electron chi connectivity index (χ1n) is 5.72. The molecule has 17 heavy (non-hydrogen) atoms. The highest BCUT2D eigenvalue weighted by Crippen LogP contribution is 2.14. The highest BCUT2D eigenvalue weighted by Gasteiger charge is 2.06. The minimum Gasteiger partial charge on any atom is -0.399 e. The molecule has 3 nitrogen and oxygen atoms in total. The van der Waals surface area contributed by atoms with Gasteiger partial charge in [-0.05, 0) is 24.2 Å². The number of nitrogens with zero attached hydrogens (tertiary/aromatic N) is 2. The number of hydrogen-bond donors (Lipinski definition) is 1. The third-order valence-electron chi connectivity index (χ3n) is 2.67. The van der Waals surface area contributed by atoms with E-state index in [0.717, 1.165) is 25.3 Å². The summed E-state index contributed by atoms with van der Waals surface area (Å²) < 4.78 is 0. The molecule has 0 bridgehead atoms. The summed E-state index contributed by atoms with van der Waals surface area (Å²) in [5.74, 6) is 0. The summed E-state index contributed by atoms with van der Waals surface area (Å²) in [6, 6.07) is 8.08. The summed E-state index contributed by atoms with van der Waals surface area (Å²) in [6.45, 7) is 5.08. The van der Waals surface area contributed by atoms with Crippen LogP contribution >= 0.6 is 11.3 Å². The van der Waals surface area contributed by atoms with Gasteiger partial charge in [0.25, 0.3) is 0 Å². The van der Waals surface area contributed by atoms with Crippen molar-refractivity contribution in [2.75, 3.05) is 12.3 Å². The maximum atomic E-state index is 5.79. The maximum absolute atomic E-state index is 5.79. The molecule has 0 radical (unpaired) electrons. The van der Waals surface area contributed by atoms with Crippen LogP contribution in [0.1, 0.15) is 17.4 Å². The molecule has 0 aliphatic heterocycles. The number of benzene rings is 1. The van der Waals surface area contributed by atoms with Crippen LogP contribution in [-0.2, 0) is 13.1 Å². The van der Waals surface area contributed by atoms with Gasteiger partial charge in [0.1, 0.15) is 0 Å². The van der Waals surface area contributed by atoms with Crippen LogP contribution in [-0.4, -0.2) is 16.4 Å². The number of thiazole rings is 1. The van der Waals surface area contributed by atoms with E-state index in [1.165, 1.54) is 10.4 Å². The Morgan fingerprint density at radius 3 is 2.88 bits per heavy atom. The Balaban J connectivity index is 2.00. The second kappa shape index (κ2) is 5.80. The van der Waals surface area contributed by atoms with E-state index in [1.807, 2.05) is 29.9 Å². The molecule has 0 atom stereocenters. The molecule has 0 spiro atoms. The van der Waals surface area contributed by atoms with Crippen LogP contribution in [0.2, 0.25) is 0 Å². The van der Waals surface area contributed by atoms with Gasteiger partial charge in [0, 0.05) is 29.9 Å². The van der Waals surface area contributed by atoms with Crippen molar-refractivity contribution in [3.63, 3.8) is 0 Å². The molecule has 0 saturated carbocycles. The minimum atomic E-state index is 0.830. The lowest BCUT2D eigenvalue weighted by molar-refractivity contribution is 0.274. The fourth-order valence-electron chi connectivity index (χ4n) is 1.77. The lowest BCUT2D eigenvalue weighted by atomic mass is 10.2. The summed E-state index contributed by atoms with van der Waals surface area (Å²) in [5.41, 5.74) is 9.75. The Morgan fingerprint density at radius 2 is 2.24 bits per heavy atom. The van der Waals surface area contributed by atoms with Crippen LogP contribution in [0.3, 0.4) is 0 Å². The first-order valence-corrected chi connectivity index (χ1v) is 6.60. The average molecular weight is 247 g/mol. The number of nitrogen functional groups attached to an aromatic ring is 1. The molecule has 0 saturated heterocycles. The van der Waals surface area contributed by atoms with E-state index in [-0.39, 0.29) is 0 Å². The van der Waals surface area contributed by atoms with Crippen molar-refractivity contribution in [1.82, 2.24) is 9.88 Å². The van der Waals surface area contributed by atoms with Crippen LogP contribution in [0.25, 0.3) is 0 Å². The van der Waals surface area contributed by atoms with Gasteiger partial charge in [-0.3, -0.25) is 9.88 Å². The van der Waals surface area contributed by atoms with E-state index in [2.05, 4.69) is 22.9 Å². The second-order valence-corrected chi connectivity index (χ2v) is 4.99. The van der Waals surface area contributed by atoms with Gasteiger partial charge in [0.05, 0.1) is 5.51 Å². The zero-order chi connectivity index (χ0) is 12.1. The van der Waals surface area contributed by atoms with Gasteiger partial charge in [0.15, 0.2) is 0 Å². The number of aromatic nitrogens is 1. The molecule has 90 valence electrons. The first-order chi connectivity index (χ1) is 8.28. The van der Waals surface area contributed by atoms with Crippen LogP contribution in [0.15, 0.2) is 36.0 Å². The SMILES string of the molecule is CCN(Cc1cccc(N)c1)Cc1cncs1. The topological polar surface area (TPSA) is 42.1 Å². The Bertz CT molecular complexity index is 453. The predicted molar refractivity (Wildman–Crippen MR) is 72.8 cm³/mol. The molecule has 4 heteroatoms. The number of anilines is 1. The minimum absolute atomic E-state index is 0.830. The van der Waals surface area contributed by atoms with E-state index >= 15 is 0 Å². The van der Waals surface area contributed by atoms with E-state index < -0.39 is 0 Å². The molecule has 0 unspecified atom stereocenters. The Morgan fingerprint density at radius 1 is 1.35 bits per heavy atom. The molecule has 2 N–H and O–H groups in total. The summed E-state index contributed by atoms with van der Waals surface area (Å²) in [5, 5.41) is 0. The molecule has 0 amide bonds. The van der Waals surface area contributed by atoms with Gasteiger partial charge in [0.2, 0.25) is 0 Å². The Hall–Kier alpha value is -1.39. The lowest BCUT2D eigenvalue weighted by Gasteiger charge is -2.19. The molecule has 0 fully saturated rings. The smallest absolute Gasteiger partial charge is 0.0794 e.